The maximum Gasteiger partial charge on any atom is 0.349 e. The average molecular weight is 387 g/mol. The van der Waals surface area contributed by atoms with Crippen LogP contribution in [0.3, 0.4) is 0 Å². The van der Waals surface area contributed by atoms with Crippen molar-refractivity contribution >= 4 is 12.0 Å². The molecule has 1 aromatic heterocycles. The predicted octanol–water partition coefficient (Wildman–Crippen LogP) is 5.02. The van der Waals surface area contributed by atoms with E-state index in [2.05, 4.69) is 25.0 Å². The molecule has 0 fully saturated rings. The van der Waals surface area contributed by atoms with E-state index in [1.807, 2.05) is 59.4 Å². The Labute approximate surface area is 171 Å². The van der Waals surface area contributed by atoms with E-state index < -0.39 is 5.97 Å². The summed E-state index contributed by atoms with van der Waals surface area (Å²) in [6, 6.07) is 12.0. The van der Waals surface area contributed by atoms with Crippen LogP contribution < -0.4 is 0 Å². The Kier molecular flexibility index (Phi) is 6.13. The van der Waals surface area contributed by atoms with Crippen molar-refractivity contribution in [3.8, 4) is 11.8 Å². The first-order valence-electron chi connectivity index (χ1n) is 9.71. The van der Waals surface area contributed by atoms with Crippen LogP contribution >= 0.6 is 0 Å². The van der Waals surface area contributed by atoms with Crippen molar-refractivity contribution in [2.45, 2.75) is 33.6 Å². The third-order valence-electron chi connectivity index (χ3n) is 4.78. The van der Waals surface area contributed by atoms with E-state index in [0.717, 1.165) is 28.8 Å². The lowest BCUT2D eigenvalue weighted by atomic mass is 9.74. The molecule has 5 heteroatoms. The molecule has 0 spiro atoms. The molecule has 0 saturated heterocycles. The number of allylic oxidation sites excluding steroid dienone is 4. The fraction of sp³-hybridized carbons (Fsp3) is 0.292. The number of esters is 1. The van der Waals surface area contributed by atoms with Gasteiger partial charge in [0, 0.05) is 12.4 Å². The molecule has 148 valence electrons. The van der Waals surface area contributed by atoms with Crippen LogP contribution in [0.5, 0.6) is 0 Å². The van der Waals surface area contributed by atoms with Crippen LogP contribution in [0, 0.1) is 16.7 Å². The molecule has 0 aliphatic heterocycles. The summed E-state index contributed by atoms with van der Waals surface area (Å²) >= 11 is 0. The van der Waals surface area contributed by atoms with Gasteiger partial charge in [0.25, 0.3) is 0 Å². The third-order valence-corrected chi connectivity index (χ3v) is 4.78. The highest BCUT2D eigenvalue weighted by Gasteiger charge is 2.28. The molecule has 3 rings (SSSR count). The van der Waals surface area contributed by atoms with Gasteiger partial charge in [-0.1, -0.05) is 44.2 Å². The predicted molar refractivity (Wildman–Crippen MR) is 113 cm³/mol. The van der Waals surface area contributed by atoms with Crippen LogP contribution in [0.4, 0.5) is 0 Å². The van der Waals surface area contributed by atoms with Gasteiger partial charge in [-0.3, -0.25) is 0 Å². The summed E-state index contributed by atoms with van der Waals surface area (Å²) < 4.78 is 6.86. The Morgan fingerprint density at radius 2 is 2.03 bits per heavy atom. The van der Waals surface area contributed by atoms with E-state index in [-0.39, 0.29) is 17.6 Å². The minimum absolute atomic E-state index is 0.0394. The van der Waals surface area contributed by atoms with E-state index >= 15 is 0 Å². The number of nitrogens with zero attached hydrogens (tertiary/aromatic N) is 3. The molecule has 0 amide bonds. The normalized spacial score (nSPS) is 17.5. The van der Waals surface area contributed by atoms with Crippen molar-refractivity contribution in [1.29, 1.82) is 5.26 Å². The molecule has 0 atom stereocenters. The number of carbonyl (C=O) groups is 1. The van der Waals surface area contributed by atoms with Crippen LogP contribution in [0.2, 0.25) is 0 Å². The number of nitriles is 1. The summed E-state index contributed by atoms with van der Waals surface area (Å²) in [4.78, 5) is 12.1. The van der Waals surface area contributed by atoms with Gasteiger partial charge in [0.15, 0.2) is 0 Å². The van der Waals surface area contributed by atoms with Crippen LogP contribution in [-0.4, -0.2) is 22.4 Å². The molecule has 29 heavy (non-hydrogen) atoms. The largest absolute Gasteiger partial charge is 0.462 e. The van der Waals surface area contributed by atoms with Crippen LogP contribution in [0.1, 0.15) is 39.2 Å². The minimum atomic E-state index is -0.545. The summed E-state index contributed by atoms with van der Waals surface area (Å²) in [5.74, 6) is -0.545. The smallest absolute Gasteiger partial charge is 0.349 e. The summed E-state index contributed by atoms with van der Waals surface area (Å²) in [6.07, 6.45) is 11.3. The molecule has 0 radical (unpaired) electrons. The van der Waals surface area contributed by atoms with E-state index in [1.54, 1.807) is 13.1 Å². The molecule has 0 unspecified atom stereocenters. The Hall–Kier alpha value is -3.39. The van der Waals surface area contributed by atoms with E-state index in [4.69, 9.17) is 4.74 Å². The van der Waals surface area contributed by atoms with Gasteiger partial charge in [-0.05, 0) is 60.1 Å². The Morgan fingerprint density at radius 1 is 1.28 bits per heavy atom. The zero-order chi connectivity index (χ0) is 20.9. The molecule has 1 aromatic carbocycles. The molecule has 2 aromatic rings. The first kappa shape index (κ1) is 20.3. The zero-order valence-corrected chi connectivity index (χ0v) is 17.1. The van der Waals surface area contributed by atoms with Crippen molar-refractivity contribution in [3.05, 3.63) is 77.2 Å². The van der Waals surface area contributed by atoms with Crippen molar-refractivity contribution in [1.82, 2.24) is 9.78 Å². The molecular formula is C24H25N3O2. The SMILES string of the molecule is CCOC(=O)/C(C#N)=C1C=C(/C=C/c2ccc(-n3cccn3)cc2)CC(C)(C)C\1. The topological polar surface area (TPSA) is 67.9 Å². The monoisotopic (exact) mass is 387 g/mol. The first-order valence-corrected chi connectivity index (χ1v) is 9.71. The van der Waals surface area contributed by atoms with E-state index in [0.29, 0.717) is 6.42 Å². The molecule has 1 heterocycles. The van der Waals surface area contributed by atoms with Gasteiger partial charge in [-0.15, -0.1) is 0 Å². The summed E-state index contributed by atoms with van der Waals surface area (Å²) in [5.41, 5.74) is 3.97. The number of ether oxygens (including phenoxy) is 1. The van der Waals surface area contributed by atoms with Gasteiger partial charge < -0.3 is 4.74 Å². The van der Waals surface area contributed by atoms with Gasteiger partial charge >= 0.3 is 5.97 Å². The lowest BCUT2D eigenvalue weighted by molar-refractivity contribution is -0.138. The van der Waals surface area contributed by atoms with Gasteiger partial charge in [-0.2, -0.15) is 10.4 Å². The summed E-state index contributed by atoms with van der Waals surface area (Å²) in [7, 11) is 0. The average Bonchev–Trinajstić information content (AvgIpc) is 3.21. The second kappa shape index (κ2) is 8.74. The fourth-order valence-electron chi connectivity index (χ4n) is 3.54. The molecule has 0 saturated carbocycles. The Morgan fingerprint density at radius 3 is 2.66 bits per heavy atom. The Balaban J connectivity index is 1.85. The second-order valence-corrected chi connectivity index (χ2v) is 7.85. The van der Waals surface area contributed by atoms with Crippen molar-refractivity contribution < 1.29 is 9.53 Å². The number of rotatable bonds is 5. The summed E-state index contributed by atoms with van der Waals surface area (Å²) in [5, 5.41) is 13.7. The number of aromatic nitrogens is 2. The van der Waals surface area contributed by atoms with Crippen molar-refractivity contribution in [2.75, 3.05) is 6.61 Å². The zero-order valence-electron chi connectivity index (χ0n) is 17.1. The molecule has 5 nitrogen and oxygen atoms in total. The number of benzene rings is 1. The Bertz CT molecular complexity index is 1000. The maximum atomic E-state index is 12.1. The maximum absolute atomic E-state index is 12.1. The first-order chi connectivity index (χ1) is 13.9. The second-order valence-electron chi connectivity index (χ2n) is 7.85. The quantitative estimate of drug-likeness (QED) is 0.411. The molecule has 0 bridgehead atoms. The van der Waals surface area contributed by atoms with Gasteiger partial charge in [0.1, 0.15) is 11.6 Å². The lowest BCUT2D eigenvalue weighted by Crippen LogP contribution is -2.19. The van der Waals surface area contributed by atoms with Crippen molar-refractivity contribution in [3.63, 3.8) is 0 Å². The number of hydrogen-bond acceptors (Lipinski definition) is 4. The van der Waals surface area contributed by atoms with E-state index in [1.165, 1.54) is 0 Å². The van der Waals surface area contributed by atoms with Crippen LogP contribution in [-0.2, 0) is 9.53 Å². The lowest BCUT2D eigenvalue weighted by Gasteiger charge is -2.30. The van der Waals surface area contributed by atoms with E-state index in [9.17, 15) is 10.1 Å². The number of hydrogen-bond donors (Lipinski definition) is 0. The van der Waals surface area contributed by atoms with Gasteiger partial charge in [0.2, 0.25) is 0 Å². The van der Waals surface area contributed by atoms with Gasteiger partial charge in [-0.25, -0.2) is 9.48 Å². The van der Waals surface area contributed by atoms with Gasteiger partial charge in [0.05, 0.1) is 12.3 Å². The minimum Gasteiger partial charge on any atom is -0.462 e. The summed E-state index contributed by atoms with van der Waals surface area (Å²) in [6.45, 7) is 6.29. The highest BCUT2D eigenvalue weighted by molar-refractivity contribution is 5.94. The third kappa shape index (κ3) is 5.11. The standard InChI is InChI=1S/C24H25N3O2/c1-4-29-23(28)22(17-25)20-14-19(15-24(2,3)16-20)7-6-18-8-10-21(11-9-18)27-13-5-12-26-27/h5-14H,4,15-16H2,1-3H3/b7-6+,22-20+. The molecule has 0 N–H and O–H groups in total. The van der Waals surface area contributed by atoms with Crippen molar-refractivity contribution in [2.24, 2.45) is 5.41 Å². The molecule has 1 aliphatic rings. The molecule has 1 aliphatic carbocycles. The number of carbonyl (C=O) groups excluding carboxylic acids is 1. The molecular weight excluding hydrogens is 362 g/mol. The fourth-order valence-corrected chi connectivity index (χ4v) is 3.54. The highest BCUT2D eigenvalue weighted by atomic mass is 16.5. The van der Waals surface area contributed by atoms with Crippen LogP contribution in [0.15, 0.2) is 71.6 Å². The highest BCUT2D eigenvalue weighted by Crippen LogP contribution is 2.39. The van der Waals surface area contributed by atoms with Crippen LogP contribution in [0.25, 0.3) is 11.8 Å².